The molecule has 0 atom stereocenters. The van der Waals surface area contributed by atoms with Gasteiger partial charge >= 0.3 is 6.01 Å². The molecule has 4 aromatic rings. The van der Waals surface area contributed by atoms with Crippen LogP contribution in [0.3, 0.4) is 0 Å². The largest absolute Gasteiger partial charge is 0.462 e. The SMILES string of the molecule is C=CC(=O)N1CCN(c2nc(OCCN(C)C)nc3c2cc(-c2cccc4ccccc24)n3C)CC1. The molecule has 5 rings (SSSR count). The third kappa shape index (κ3) is 4.52. The Morgan fingerprint density at radius 1 is 1.06 bits per heavy atom. The third-order valence-electron chi connectivity index (χ3n) is 6.75. The van der Waals surface area contributed by atoms with Gasteiger partial charge in [-0.3, -0.25) is 4.79 Å². The number of hydrogen-bond donors (Lipinski definition) is 0. The van der Waals surface area contributed by atoms with Gasteiger partial charge in [-0.2, -0.15) is 9.97 Å². The van der Waals surface area contributed by atoms with Crippen LogP contribution in [0.2, 0.25) is 0 Å². The van der Waals surface area contributed by atoms with Crippen LogP contribution in [-0.4, -0.2) is 83.7 Å². The Morgan fingerprint density at radius 2 is 1.81 bits per heavy atom. The smallest absolute Gasteiger partial charge is 0.320 e. The summed E-state index contributed by atoms with van der Waals surface area (Å²) in [7, 11) is 6.06. The lowest BCUT2D eigenvalue weighted by atomic mass is 10.0. The van der Waals surface area contributed by atoms with Crippen LogP contribution < -0.4 is 9.64 Å². The predicted molar refractivity (Wildman–Crippen MR) is 144 cm³/mol. The number of ether oxygens (including phenoxy) is 1. The lowest BCUT2D eigenvalue weighted by Gasteiger charge is -2.35. The maximum atomic E-state index is 12.1. The fourth-order valence-corrected chi connectivity index (χ4v) is 4.76. The van der Waals surface area contributed by atoms with Crippen molar-refractivity contribution in [2.45, 2.75) is 0 Å². The molecule has 8 nitrogen and oxygen atoms in total. The fraction of sp³-hybridized carbons (Fsp3) is 0.321. The molecule has 1 aliphatic heterocycles. The molecule has 0 radical (unpaired) electrons. The Labute approximate surface area is 211 Å². The predicted octanol–water partition coefficient (Wildman–Crippen LogP) is 3.56. The average molecular weight is 485 g/mol. The summed E-state index contributed by atoms with van der Waals surface area (Å²) in [5, 5.41) is 3.37. The van der Waals surface area contributed by atoms with Crippen LogP contribution in [0.4, 0.5) is 5.82 Å². The van der Waals surface area contributed by atoms with E-state index in [0.29, 0.717) is 38.8 Å². The van der Waals surface area contributed by atoms with Gasteiger partial charge in [0.05, 0.1) is 11.1 Å². The summed E-state index contributed by atoms with van der Waals surface area (Å²) < 4.78 is 8.12. The fourth-order valence-electron chi connectivity index (χ4n) is 4.76. The Bertz CT molecular complexity index is 1410. The highest BCUT2D eigenvalue weighted by molar-refractivity contribution is 6.00. The van der Waals surface area contributed by atoms with E-state index in [1.807, 2.05) is 26.0 Å². The number of likely N-dealkylation sites (N-methyl/N-ethyl adjacent to an activating group) is 1. The number of nitrogens with zero attached hydrogens (tertiary/aromatic N) is 6. The number of hydrogen-bond acceptors (Lipinski definition) is 6. The van der Waals surface area contributed by atoms with Crippen LogP contribution in [0.1, 0.15) is 0 Å². The van der Waals surface area contributed by atoms with E-state index in [1.165, 1.54) is 16.8 Å². The summed E-state index contributed by atoms with van der Waals surface area (Å²) in [6.45, 7) is 7.50. The molecular weight excluding hydrogens is 452 g/mol. The van der Waals surface area contributed by atoms with Crippen molar-refractivity contribution in [1.29, 1.82) is 0 Å². The Morgan fingerprint density at radius 3 is 2.56 bits per heavy atom. The van der Waals surface area contributed by atoms with Crippen molar-refractivity contribution in [3.63, 3.8) is 0 Å². The van der Waals surface area contributed by atoms with Gasteiger partial charge in [0, 0.05) is 45.3 Å². The molecule has 0 unspecified atom stereocenters. The zero-order chi connectivity index (χ0) is 25.2. The van der Waals surface area contributed by atoms with E-state index in [9.17, 15) is 4.79 Å². The van der Waals surface area contributed by atoms with E-state index >= 15 is 0 Å². The van der Waals surface area contributed by atoms with E-state index in [2.05, 4.69) is 69.5 Å². The normalized spacial score (nSPS) is 14.1. The molecule has 1 aliphatic rings. The molecular formula is C28H32N6O2. The van der Waals surface area contributed by atoms with Crippen molar-refractivity contribution in [3.8, 4) is 17.3 Å². The van der Waals surface area contributed by atoms with Gasteiger partial charge in [0.15, 0.2) is 0 Å². The number of rotatable bonds is 7. The molecule has 0 N–H and O–H groups in total. The van der Waals surface area contributed by atoms with E-state index in [0.717, 1.165) is 34.7 Å². The minimum atomic E-state index is -0.0341. The highest BCUT2D eigenvalue weighted by Gasteiger charge is 2.25. The molecule has 0 spiro atoms. The Balaban J connectivity index is 1.59. The summed E-state index contributed by atoms with van der Waals surface area (Å²) >= 11 is 0. The Hall–Kier alpha value is -3.91. The number of benzene rings is 2. The average Bonchev–Trinajstić information content (AvgIpc) is 3.23. The summed E-state index contributed by atoms with van der Waals surface area (Å²) in [4.78, 5) is 27.9. The molecule has 36 heavy (non-hydrogen) atoms. The first kappa shape index (κ1) is 23.8. The van der Waals surface area contributed by atoms with Crippen LogP contribution in [0.15, 0.2) is 61.2 Å². The van der Waals surface area contributed by atoms with Crippen molar-refractivity contribution in [1.82, 2.24) is 24.3 Å². The zero-order valence-corrected chi connectivity index (χ0v) is 21.1. The highest BCUT2D eigenvalue weighted by Crippen LogP contribution is 2.36. The zero-order valence-electron chi connectivity index (χ0n) is 21.1. The van der Waals surface area contributed by atoms with Gasteiger partial charge in [0.25, 0.3) is 0 Å². The number of carbonyl (C=O) groups excluding carboxylic acids is 1. The number of aryl methyl sites for hydroxylation is 1. The van der Waals surface area contributed by atoms with E-state index < -0.39 is 0 Å². The van der Waals surface area contributed by atoms with Gasteiger partial charge in [0.1, 0.15) is 18.1 Å². The van der Waals surface area contributed by atoms with E-state index in [-0.39, 0.29) is 5.91 Å². The summed E-state index contributed by atoms with van der Waals surface area (Å²) in [5.74, 6) is 0.806. The van der Waals surface area contributed by atoms with Gasteiger partial charge < -0.3 is 24.0 Å². The minimum Gasteiger partial charge on any atom is -0.462 e. The number of piperazine rings is 1. The molecule has 1 fully saturated rings. The van der Waals surface area contributed by atoms with Crippen LogP contribution in [0.25, 0.3) is 33.1 Å². The minimum absolute atomic E-state index is 0.0341. The summed E-state index contributed by atoms with van der Waals surface area (Å²) in [6, 6.07) is 17.3. The molecule has 186 valence electrons. The standard InChI is InChI=1S/C28H32N6O2/c1-5-25(35)33-13-15-34(16-14-33)27-23-19-24(22-12-8-10-20-9-6-7-11-21(20)22)32(4)26(23)29-28(30-27)36-18-17-31(2)3/h5-12,19H,1,13-18H2,2-4H3. The molecule has 0 saturated carbocycles. The van der Waals surface area contributed by atoms with Crippen molar-refractivity contribution in [2.75, 3.05) is 58.3 Å². The van der Waals surface area contributed by atoms with Crippen molar-refractivity contribution < 1.29 is 9.53 Å². The first-order chi connectivity index (χ1) is 17.5. The second-order valence-corrected chi connectivity index (χ2v) is 9.35. The second kappa shape index (κ2) is 9.99. The van der Waals surface area contributed by atoms with Crippen LogP contribution in [0.5, 0.6) is 6.01 Å². The van der Waals surface area contributed by atoms with Gasteiger partial charge in [-0.1, -0.05) is 49.0 Å². The van der Waals surface area contributed by atoms with Gasteiger partial charge in [-0.25, -0.2) is 0 Å². The number of anilines is 1. The van der Waals surface area contributed by atoms with Crippen LogP contribution in [-0.2, 0) is 11.8 Å². The molecule has 3 heterocycles. The highest BCUT2D eigenvalue weighted by atomic mass is 16.5. The molecule has 2 aromatic carbocycles. The molecule has 0 aliphatic carbocycles. The summed E-state index contributed by atoms with van der Waals surface area (Å²) in [5.41, 5.74) is 3.05. The lowest BCUT2D eigenvalue weighted by Crippen LogP contribution is -2.48. The molecule has 8 heteroatoms. The van der Waals surface area contributed by atoms with Gasteiger partial charge in [0.2, 0.25) is 5.91 Å². The molecule has 1 saturated heterocycles. The number of fused-ring (bicyclic) bond motifs is 2. The van der Waals surface area contributed by atoms with E-state index in [4.69, 9.17) is 14.7 Å². The second-order valence-electron chi connectivity index (χ2n) is 9.35. The topological polar surface area (TPSA) is 66.7 Å². The maximum Gasteiger partial charge on any atom is 0.320 e. The molecule has 0 bridgehead atoms. The first-order valence-electron chi connectivity index (χ1n) is 12.3. The van der Waals surface area contributed by atoms with Crippen LogP contribution in [0, 0.1) is 0 Å². The van der Waals surface area contributed by atoms with Crippen molar-refractivity contribution >= 4 is 33.5 Å². The monoisotopic (exact) mass is 484 g/mol. The van der Waals surface area contributed by atoms with Crippen molar-refractivity contribution in [3.05, 3.63) is 61.2 Å². The summed E-state index contributed by atoms with van der Waals surface area (Å²) in [6.07, 6.45) is 1.38. The first-order valence-corrected chi connectivity index (χ1v) is 12.3. The van der Waals surface area contributed by atoms with Gasteiger partial charge in [-0.15, -0.1) is 0 Å². The number of amides is 1. The Kier molecular flexibility index (Phi) is 6.61. The quantitative estimate of drug-likeness (QED) is 0.374. The van der Waals surface area contributed by atoms with E-state index in [1.54, 1.807) is 0 Å². The number of carbonyl (C=O) groups is 1. The maximum absolute atomic E-state index is 12.1. The number of aromatic nitrogens is 3. The lowest BCUT2D eigenvalue weighted by molar-refractivity contribution is -0.126. The molecule has 1 amide bonds. The van der Waals surface area contributed by atoms with Crippen molar-refractivity contribution in [2.24, 2.45) is 7.05 Å². The van der Waals surface area contributed by atoms with Gasteiger partial charge in [-0.05, 0) is 37.0 Å². The molecule has 2 aromatic heterocycles. The van der Waals surface area contributed by atoms with Crippen LogP contribution >= 0.6 is 0 Å². The third-order valence-corrected chi connectivity index (χ3v) is 6.75.